The monoisotopic (exact) mass is 473 g/mol. The summed E-state index contributed by atoms with van der Waals surface area (Å²) in [5.41, 5.74) is 8.25. The summed E-state index contributed by atoms with van der Waals surface area (Å²) in [5.74, 6) is 1.38. The van der Waals surface area contributed by atoms with Crippen LogP contribution in [0.15, 0.2) is 18.5 Å². The molecule has 0 spiro atoms. The Balaban J connectivity index is 1.25. The van der Waals surface area contributed by atoms with Crippen LogP contribution in [0.2, 0.25) is 0 Å². The highest BCUT2D eigenvalue weighted by atomic mass is 19.1. The SMILES string of the molecule is CNc1[nH]nc2c1ncn2C(=O)N[C@@H]1C[C@@H](F)C[C@H]1OCc1cc(N)cc(N2CCOCC2)n1. The number of nitrogens with two attached hydrogens (primary N) is 1. The van der Waals surface area contributed by atoms with Crippen molar-refractivity contribution in [1.82, 2.24) is 30.0 Å². The largest absolute Gasteiger partial charge is 0.399 e. The van der Waals surface area contributed by atoms with Crippen molar-refractivity contribution >= 4 is 34.5 Å². The van der Waals surface area contributed by atoms with Crippen LogP contribution in [0, 0.1) is 0 Å². The number of ether oxygens (including phenoxy) is 2. The number of imidazole rings is 1. The lowest BCUT2D eigenvalue weighted by atomic mass is 10.2. The fourth-order valence-corrected chi connectivity index (χ4v) is 4.43. The van der Waals surface area contributed by atoms with E-state index in [0.717, 1.165) is 18.9 Å². The molecule has 2 fully saturated rings. The first-order valence-electron chi connectivity index (χ1n) is 11.3. The van der Waals surface area contributed by atoms with Gasteiger partial charge in [-0.1, -0.05) is 0 Å². The number of amides is 1. The van der Waals surface area contributed by atoms with Gasteiger partial charge in [0.15, 0.2) is 11.2 Å². The minimum absolute atomic E-state index is 0.159. The van der Waals surface area contributed by atoms with Crippen molar-refractivity contribution in [3.63, 3.8) is 0 Å². The molecule has 1 saturated carbocycles. The second-order valence-corrected chi connectivity index (χ2v) is 8.46. The van der Waals surface area contributed by atoms with Crippen molar-refractivity contribution in [3.8, 4) is 0 Å². The third-order valence-corrected chi connectivity index (χ3v) is 6.14. The van der Waals surface area contributed by atoms with E-state index in [-0.39, 0.29) is 19.4 Å². The second kappa shape index (κ2) is 9.43. The molecule has 1 aliphatic carbocycles. The van der Waals surface area contributed by atoms with E-state index in [2.05, 4.69) is 35.7 Å². The first-order valence-corrected chi connectivity index (χ1v) is 11.3. The van der Waals surface area contributed by atoms with Gasteiger partial charge in [-0.2, -0.15) is 5.10 Å². The minimum atomic E-state index is -1.07. The lowest BCUT2D eigenvalue weighted by molar-refractivity contribution is 0.0257. The van der Waals surface area contributed by atoms with Crippen molar-refractivity contribution in [2.24, 2.45) is 0 Å². The molecule has 0 aromatic carbocycles. The molecule has 0 radical (unpaired) electrons. The number of nitrogens with zero attached hydrogens (tertiary/aromatic N) is 5. The number of halogens is 1. The predicted octanol–water partition coefficient (Wildman–Crippen LogP) is 1.26. The van der Waals surface area contributed by atoms with Gasteiger partial charge in [0.2, 0.25) is 0 Å². The number of hydrogen-bond donors (Lipinski definition) is 4. The number of nitrogens with one attached hydrogen (secondary N) is 3. The van der Waals surface area contributed by atoms with Crippen LogP contribution in [0.25, 0.3) is 11.2 Å². The van der Waals surface area contributed by atoms with Gasteiger partial charge in [0, 0.05) is 44.7 Å². The molecule has 5 N–H and O–H groups in total. The number of fused-ring (bicyclic) bond motifs is 1. The number of morpholine rings is 1. The zero-order valence-electron chi connectivity index (χ0n) is 18.8. The van der Waals surface area contributed by atoms with Crippen LogP contribution >= 0.6 is 0 Å². The van der Waals surface area contributed by atoms with Gasteiger partial charge in [-0.3, -0.25) is 5.10 Å². The Hall–Kier alpha value is -3.45. The van der Waals surface area contributed by atoms with Gasteiger partial charge in [-0.15, -0.1) is 0 Å². The molecule has 13 heteroatoms. The van der Waals surface area contributed by atoms with Crippen LogP contribution in [0.1, 0.15) is 18.5 Å². The van der Waals surface area contributed by atoms with E-state index in [1.54, 1.807) is 13.1 Å². The number of aromatic amines is 1. The van der Waals surface area contributed by atoms with Gasteiger partial charge in [-0.05, 0) is 6.07 Å². The van der Waals surface area contributed by atoms with E-state index in [9.17, 15) is 9.18 Å². The molecule has 1 saturated heterocycles. The molecular formula is C21H28FN9O3. The van der Waals surface area contributed by atoms with E-state index in [1.807, 2.05) is 6.07 Å². The Morgan fingerprint density at radius 3 is 2.97 bits per heavy atom. The summed E-state index contributed by atoms with van der Waals surface area (Å²) in [6, 6.07) is 2.63. The molecular weight excluding hydrogens is 445 g/mol. The number of carbonyl (C=O) groups is 1. The van der Waals surface area contributed by atoms with Crippen LogP contribution in [-0.2, 0) is 16.1 Å². The fraction of sp³-hybridized carbons (Fsp3) is 0.524. The smallest absolute Gasteiger partial charge is 0.328 e. The molecule has 1 amide bonds. The Morgan fingerprint density at radius 2 is 2.18 bits per heavy atom. The van der Waals surface area contributed by atoms with Gasteiger partial charge in [0.05, 0.1) is 37.7 Å². The number of aromatic nitrogens is 5. The fourth-order valence-electron chi connectivity index (χ4n) is 4.43. The molecule has 3 aromatic heterocycles. The quantitative estimate of drug-likeness (QED) is 0.415. The van der Waals surface area contributed by atoms with Gasteiger partial charge in [-0.25, -0.2) is 23.7 Å². The third-order valence-electron chi connectivity index (χ3n) is 6.14. The summed E-state index contributed by atoms with van der Waals surface area (Å²) in [5, 5.41) is 12.7. The normalized spacial score (nSPS) is 22.9. The lowest BCUT2D eigenvalue weighted by Crippen LogP contribution is -2.43. The molecule has 0 unspecified atom stereocenters. The Morgan fingerprint density at radius 1 is 1.35 bits per heavy atom. The summed E-state index contributed by atoms with van der Waals surface area (Å²) in [7, 11) is 1.73. The number of anilines is 3. The topological polar surface area (TPSA) is 148 Å². The summed E-state index contributed by atoms with van der Waals surface area (Å²) < 4.78 is 27.0. The van der Waals surface area contributed by atoms with Crippen molar-refractivity contribution in [2.45, 2.75) is 37.8 Å². The average molecular weight is 474 g/mol. The summed E-state index contributed by atoms with van der Waals surface area (Å²) in [4.78, 5) is 23.9. The molecule has 4 heterocycles. The van der Waals surface area contributed by atoms with Gasteiger partial charge < -0.3 is 30.7 Å². The van der Waals surface area contributed by atoms with Crippen LogP contribution in [0.3, 0.4) is 0 Å². The maximum absolute atomic E-state index is 14.3. The van der Waals surface area contributed by atoms with Gasteiger partial charge in [0.25, 0.3) is 0 Å². The molecule has 1 aliphatic heterocycles. The predicted molar refractivity (Wildman–Crippen MR) is 124 cm³/mol. The number of carbonyl (C=O) groups excluding carboxylic acids is 1. The maximum atomic E-state index is 14.3. The summed E-state index contributed by atoms with van der Waals surface area (Å²) in [6.07, 6.45) is 0.176. The zero-order valence-corrected chi connectivity index (χ0v) is 18.8. The Bertz CT molecular complexity index is 1160. The molecule has 182 valence electrons. The summed E-state index contributed by atoms with van der Waals surface area (Å²) >= 11 is 0. The zero-order chi connectivity index (χ0) is 23.7. The molecule has 3 aromatic rings. The van der Waals surface area contributed by atoms with Crippen LogP contribution in [0.4, 0.5) is 26.5 Å². The second-order valence-electron chi connectivity index (χ2n) is 8.46. The van der Waals surface area contributed by atoms with E-state index in [4.69, 9.17) is 15.2 Å². The maximum Gasteiger partial charge on any atom is 0.328 e. The van der Waals surface area contributed by atoms with E-state index < -0.39 is 24.3 Å². The minimum Gasteiger partial charge on any atom is -0.399 e. The number of alkyl halides is 1. The highest BCUT2D eigenvalue weighted by Gasteiger charge is 2.37. The number of rotatable bonds is 6. The molecule has 3 atom stereocenters. The summed E-state index contributed by atoms with van der Waals surface area (Å²) in [6.45, 7) is 2.92. The average Bonchev–Trinajstić information content (AvgIpc) is 3.52. The van der Waals surface area contributed by atoms with Crippen LogP contribution in [0.5, 0.6) is 0 Å². The number of H-pyrrole nitrogens is 1. The van der Waals surface area contributed by atoms with Crippen LogP contribution in [-0.4, -0.2) is 82.4 Å². The lowest BCUT2D eigenvalue weighted by Gasteiger charge is -2.28. The van der Waals surface area contributed by atoms with Gasteiger partial charge in [0.1, 0.15) is 24.1 Å². The standard InChI is InChI=1S/C21H28FN9O3/c1-24-19-18-20(29-28-19)31(11-25-18)21(32)27-15-6-12(22)7-16(15)34-10-14-8-13(23)9-17(26-14)30-2-4-33-5-3-30/h8-9,11-12,15-16H,2-7,10H2,1H3,(H2,23,26)(H,27,32)(H2,24,28,29)/t12-,15-,16-/m1/s1. The van der Waals surface area contributed by atoms with Crippen molar-refractivity contribution in [1.29, 1.82) is 0 Å². The molecule has 34 heavy (non-hydrogen) atoms. The Kier molecular flexibility index (Phi) is 6.20. The Labute approximate surface area is 195 Å². The highest BCUT2D eigenvalue weighted by molar-refractivity contribution is 5.92. The number of nitrogen functional groups attached to an aromatic ring is 1. The first-order chi connectivity index (χ1) is 16.5. The van der Waals surface area contributed by atoms with Gasteiger partial charge >= 0.3 is 6.03 Å². The first kappa shape index (κ1) is 22.3. The number of pyridine rings is 1. The van der Waals surface area contributed by atoms with Crippen LogP contribution < -0.4 is 21.3 Å². The van der Waals surface area contributed by atoms with Crippen molar-refractivity contribution in [3.05, 3.63) is 24.2 Å². The molecule has 0 bridgehead atoms. The third kappa shape index (κ3) is 4.48. The van der Waals surface area contributed by atoms with E-state index in [0.29, 0.717) is 41.6 Å². The molecule has 2 aliphatic rings. The highest BCUT2D eigenvalue weighted by Crippen LogP contribution is 2.27. The molecule has 12 nitrogen and oxygen atoms in total. The van der Waals surface area contributed by atoms with Crippen molar-refractivity contribution in [2.75, 3.05) is 49.3 Å². The number of hydrogen-bond acceptors (Lipinski definition) is 9. The molecule has 5 rings (SSSR count). The van der Waals surface area contributed by atoms with E-state index >= 15 is 0 Å². The van der Waals surface area contributed by atoms with E-state index in [1.165, 1.54) is 10.9 Å². The van der Waals surface area contributed by atoms with Crippen molar-refractivity contribution < 1.29 is 18.7 Å².